The van der Waals surface area contributed by atoms with Gasteiger partial charge < -0.3 is 0 Å². The lowest BCUT2D eigenvalue weighted by molar-refractivity contribution is 0.819. The van der Waals surface area contributed by atoms with Crippen LogP contribution in [0.25, 0.3) is 16.6 Å². The molecule has 0 spiro atoms. The third kappa shape index (κ3) is 3.48. The Bertz CT molecular complexity index is 1210. The van der Waals surface area contributed by atoms with Crippen LogP contribution >= 0.6 is 11.8 Å². The van der Waals surface area contributed by atoms with Crippen LogP contribution < -0.4 is 5.56 Å². The number of thioether (sulfide) groups is 1. The summed E-state index contributed by atoms with van der Waals surface area (Å²) >= 11 is 1.49. The van der Waals surface area contributed by atoms with Crippen molar-refractivity contribution in [2.24, 2.45) is 0 Å². The van der Waals surface area contributed by atoms with Crippen LogP contribution in [0.2, 0.25) is 0 Å². The minimum absolute atomic E-state index is 0.0833. The van der Waals surface area contributed by atoms with Gasteiger partial charge in [-0.3, -0.25) is 9.36 Å². The van der Waals surface area contributed by atoms with Crippen LogP contribution in [0.3, 0.4) is 0 Å². The SMILES string of the molecule is N#Cc1cccc(CSc2nc3ccccc3c(=O)n2-c2ccccc2)c1. The Morgan fingerprint density at radius 3 is 2.56 bits per heavy atom. The maximum absolute atomic E-state index is 13.1. The summed E-state index contributed by atoms with van der Waals surface area (Å²) in [5.74, 6) is 0.618. The van der Waals surface area contributed by atoms with Gasteiger partial charge in [0.15, 0.2) is 5.16 Å². The fourth-order valence-electron chi connectivity index (χ4n) is 2.89. The number of hydrogen-bond acceptors (Lipinski definition) is 4. The molecule has 0 unspecified atom stereocenters. The molecule has 0 radical (unpaired) electrons. The van der Waals surface area contributed by atoms with Crippen LogP contribution in [0, 0.1) is 11.3 Å². The van der Waals surface area contributed by atoms with Crippen molar-refractivity contribution >= 4 is 22.7 Å². The highest BCUT2D eigenvalue weighted by Crippen LogP contribution is 2.24. The van der Waals surface area contributed by atoms with Gasteiger partial charge in [-0.2, -0.15) is 5.26 Å². The molecule has 0 aliphatic heterocycles. The first kappa shape index (κ1) is 17.1. The monoisotopic (exact) mass is 369 g/mol. The zero-order valence-corrected chi connectivity index (χ0v) is 15.2. The molecule has 1 aromatic heterocycles. The van der Waals surface area contributed by atoms with Crippen molar-refractivity contribution in [2.45, 2.75) is 10.9 Å². The number of fused-ring (bicyclic) bond motifs is 1. The first-order chi connectivity index (χ1) is 13.3. The smallest absolute Gasteiger partial charge is 0.266 e. The van der Waals surface area contributed by atoms with Gasteiger partial charge in [0, 0.05) is 5.75 Å². The number of para-hydroxylation sites is 2. The van der Waals surface area contributed by atoms with Crippen molar-refractivity contribution in [3.05, 3.63) is 100 Å². The maximum Gasteiger partial charge on any atom is 0.266 e. The normalized spacial score (nSPS) is 10.6. The molecule has 3 aromatic carbocycles. The van der Waals surface area contributed by atoms with Crippen molar-refractivity contribution < 1.29 is 0 Å². The van der Waals surface area contributed by atoms with Gasteiger partial charge >= 0.3 is 0 Å². The van der Waals surface area contributed by atoms with E-state index in [9.17, 15) is 4.79 Å². The van der Waals surface area contributed by atoms with Crippen molar-refractivity contribution in [2.75, 3.05) is 0 Å². The van der Waals surface area contributed by atoms with Gasteiger partial charge in [0.25, 0.3) is 5.56 Å². The molecule has 1 heterocycles. The Balaban J connectivity index is 1.81. The van der Waals surface area contributed by atoms with Crippen LogP contribution in [0.1, 0.15) is 11.1 Å². The van der Waals surface area contributed by atoms with E-state index in [1.165, 1.54) is 11.8 Å². The van der Waals surface area contributed by atoms with E-state index in [-0.39, 0.29) is 5.56 Å². The number of hydrogen-bond donors (Lipinski definition) is 0. The number of rotatable bonds is 4. The van der Waals surface area contributed by atoms with Gasteiger partial charge in [-0.05, 0) is 42.0 Å². The van der Waals surface area contributed by atoms with Crippen LogP contribution in [-0.2, 0) is 5.75 Å². The second kappa shape index (κ2) is 7.48. The number of benzene rings is 3. The summed E-state index contributed by atoms with van der Waals surface area (Å²) in [7, 11) is 0. The third-order valence-corrected chi connectivity index (χ3v) is 5.19. The molecule has 0 aliphatic carbocycles. The van der Waals surface area contributed by atoms with Gasteiger partial charge in [0.2, 0.25) is 0 Å². The summed E-state index contributed by atoms with van der Waals surface area (Å²) in [5, 5.41) is 10.3. The third-order valence-electron chi connectivity index (χ3n) is 4.18. The lowest BCUT2D eigenvalue weighted by Gasteiger charge is -2.13. The largest absolute Gasteiger partial charge is 0.268 e. The molecule has 27 heavy (non-hydrogen) atoms. The van der Waals surface area contributed by atoms with Gasteiger partial charge in [-0.1, -0.05) is 54.2 Å². The highest BCUT2D eigenvalue weighted by Gasteiger charge is 2.13. The van der Waals surface area contributed by atoms with Crippen LogP contribution in [0.15, 0.2) is 88.8 Å². The summed E-state index contributed by atoms with van der Waals surface area (Å²) in [5.41, 5.74) is 3.03. The summed E-state index contributed by atoms with van der Waals surface area (Å²) in [6.07, 6.45) is 0. The first-order valence-electron chi connectivity index (χ1n) is 8.45. The van der Waals surface area contributed by atoms with Crippen LogP contribution in [-0.4, -0.2) is 9.55 Å². The Labute approximate surface area is 160 Å². The second-order valence-electron chi connectivity index (χ2n) is 5.99. The van der Waals surface area contributed by atoms with E-state index in [1.54, 1.807) is 16.7 Å². The molecule has 4 nitrogen and oxygen atoms in total. The lowest BCUT2D eigenvalue weighted by atomic mass is 10.2. The molecule has 0 atom stereocenters. The van der Waals surface area contributed by atoms with E-state index in [1.807, 2.05) is 66.7 Å². The Morgan fingerprint density at radius 1 is 0.963 bits per heavy atom. The van der Waals surface area contributed by atoms with E-state index < -0.39 is 0 Å². The quantitative estimate of drug-likeness (QED) is 0.391. The van der Waals surface area contributed by atoms with Crippen LogP contribution in [0.4, 0.5) is 0 Å². The van der Waals surface area contributed by atoms with Gasteiger partial charge in [0.05, 0.1) is 28.2 Å². The average Bonchev–Trinajstić information content (AvgIpc) is 2.73. The molecule has 0 saturated carbocycles. The minimum Gasteiger partial charge on any atom is -0.268 e. The predicted molar refractivity (Wildman–Crippen MR) is 108 cm³/mol. The second-order valence-corrected chi connectivity index (χ2v) is 6.93. The Morgan fingerprint density at radius 2 is 1.74 bits per heavy atom. The van der Waals surface area contributed by atoms with E-state index in [4.69, 9.17) is 10.2 Å². The first-order valence-corrected chi connectivity index (χ1v) is 9.44. The average molecular weight is 369 g/mol. The molecule has 0 fully saturated rings. The van der Waals surface area contributed by atoms with Crippen molar-refractivity contribution in [3.63, 3.8) is 0 Å². The molecule has 0 saturated heterocycles. The van der Waals surface area contributed by atoms with Crippen molar-refractivity contribution in [1.82, 2.24) is 9.55 Å². The Kier molecular flexibility index (Phi) is 4.73. The van der Waals surface area contributed by atoms with Crippen molar-refractivity contribution in [3.8, 4) is 11.8 Å². The van der Waals surface area contributed by atoms with Crippen LogP contribution in [0.5, 0.6) is 0 Å². The molecule has 0 aliphatic rings. The number of nitriles is 1. The molecule has 4 rings (SSSR count). The minimum atomic E-state index is -0.0833. The van der Waals surface area contributed by atoms with Gasteiger partial charge in [-0.25, -0.2) is 4.98 Å². The highest BCUT2D eigenvalue weighted by molar-refractivity contribution is 7.98. The molecule has 130 valence electrons. The zero-order chi connectivity index (χ0) is 18.6. The molecule has 0 bridgehead atoms. The van der Waals surface area contributed by atoms with E-state index in [2.05, 4.69) is 6.07 Å². The molecule has 4 aromatic rings. The fraction of sp³-hybridized carbons (Fsp3) is 0.0455. The van der Waals surface area contributed by atoms with Gasteiger partial charge in [-0.15, -0.1) is 0 Å². The van der Waals surface area contributed by atoms with Gasteiger partial charge in [0.1, 0.15) is 0 Å². The van der Waals surface area contributed by atoms with E-state index >= 15 is 0 Å². The summed E-state index contributed by atoms with van der Waals surface area (Å²) < 4.78 is 1.65. The molecular formula is C22H15N3OS. The van der Waals surface area contributed by atoms with E-state index in [0.29, 0.717) is 27.4 Å². The summed E-state index contributed by atoms with van der Waals surface area (Å²) in [6, 6.07) is 26.6. The molecular weight excluding hydrogens is 354 g/mol. The predicted octanol–water partition coefficient (Wildman–Crippen LogP) is 4.55. The fourth-order valence-corrected chi connectivity index (χ4v) is 3.85. The maximum atomic E-state index is 13.1. The topological polar surface area (TPSA) is 58.7 Å². The molecule has 0 amide bonds. The summed E-state index contributed by atoms with van der Waals surface area (Å²) in [4.78, 5) is 17.9. The number of nitrogens with zero attached hydrogens (tertiary/aromatic N) is 3. The standard InChI is InChI=1S/C22H15N3OS/c23-14-16-7-6-8-17(13-16)15-27-22-24-20-12-5-4-11-19(20)21(26)25(22)18-9-2-1-3-10-18/h1-13H,15H2. The van der Waals surface area contributed by atoms with E-state index in [0.717, 1.165) is 11.3 Å². The highest BCUT2D eigenvalue weighted by atomic mass is 32.2. The lowest BCUT2D eigenvalue weighted by Crippen LogP contribution is -2.21. The van der Waals surface area contributed by atoms with Crippen molar-refractivity contribution in [1.29, 1.82) is 5.26 Å². The summed E-state index contributed by atoms with van der Waals surface area (Å²) in [6.45, 7) is 0. The Hall–Kier alpha value is -3.36. The number of aromatic nitrogens is 2. The molecule has 5 heteroatoms. The zero-order valence-electron chi connectivity index (χ0n) is 14.4. The molecule has 0 N–H and O–H groups in total.